The van der Waals surface area contributed by atoms with Crippen molar-refractivity contribution in [1.82, 2.24) is 4.90 Å². The molecule has 0 saturated carbocycles. The number of nitrogens with zero attached hydrogens (tertiary/aromatic N) is 1. The molecule has 1 aliphatic rings. The zero-order chi connectivity index (χ0) is 21.0. The number of hydrogen-bond acceptors (Lipinski definition) is 6. The standard InChI is InChI=1S/C21H24N2O6/c1-13-9-16(22-20(25)21(26)27)10-14(2)19(13)29-17-3-4-18(24)15(11-17)12-23-5-7-28-8-6-23/h3-4,9-11,24H,5-8,12H2,1-2H3,(H,22,25)(H,26,27). The predicted octanol–water partition coefficient (Wildman–Crippen LogP) is 2.66. The third kappa shape index (κ3) is 5.24. The number of amides is 1. The van der Waals surface area contributed by atoms with E-state index < -0.39 is 11.9 Å². The topological polar surface area (TPSA) is 108 Å². The number of phenolic OH excluding ortho intramolecular Hbond substituents is 1. The normalized spacial score (nSPS) is 14.4. The van der Waals surface area contributed by atoms with Crippen molar-refractivity contribution in [1.29, 1.82) is 0 Å². The lowest BCUT2D eigenvalue weighted by Gasteiger charge is -2.27. The first kappa shape index (κ1) is 20.6. The van der Waals surface area contributed by atoms with Crippen molar-refractivity contribution in [3.05, 3.63) is 47.0 Å². The Morgan fingerprint density at radius 3 is 2.41 bits per heavy atom. The Morgan fingerprint density at radius 1 is 1.14 bits per heavy atom. The Bertz CT molecular complexity index is 898. The van der Waals surface area contributed by atoms with Crippen molar-refractivity contribution in [3.63, 3.8) is 0 Å². The second kappa shape index (κ2) is 8.93. The van der Waals surface area contributed by atoms with Crippen LogP contribution in [-0.4, -0.2) is 53.3 Å². The Labute approximate surface area is 168 Å². The molecule has 0 spiro atoms. The van der Waals surface area contributed by atoms with Crippen LogP contribution in [0.15, 0.2) is 30.3 Å². The maximum Gasteiger partial charge on any atom is 0.394 e. The number of morpholine rings is 1. The number of ether oxygens (including phenoxy) is 2. The number of hydrogen-bond donors (Lipinski definition) is 3. The maximum absolute atomic E-state index is 11.4. The summed E-state index contributed by atoms with van der Waals surface area (Å²) in [4.78, 5) is 24.3. The average molecular weight is 400 g/mol. The highest BCUT2D eigenvalue weighted by Gasteiger charge is 2.16. The van der Waals surface area contributed by atoms with E-state index in [0.29, 0.717) is 36.9 Å². The molecule has 0 aromatic heterocycles. The third-order valence-electron chi connectivity index (χ3n) is 4.68. The minimum atomic E-state index is -1.54. The zero-order valence-corrected chi connectivity index (χ0v) is 16.4. The van der Waals surface area contributed by atoms with Gasteiger partial charge < -0.3 is 25.0 Å². The molecule has 1 fully saturated rings. The van der Waals surface area contributed by atoms with E-state index >= 15 is 0 Å². The highest BCUT2D eigenvalue weighted by Crippen LogP contribution is 2.33. The van der Waals surface area contributed by atoms with Gasteiger partial charge in [0.05, 0.1) is 13.2 Å². The van der Waals surface area contributed by atoms with Crippen LogP contribution in [0.5, 0.6) is 17.2 Å². The second-order valence-corrected chi connectivity index (χ2v) is 6.98. The summed E-state index contributed by atoms with van der Waals surface area (Å²) < 4.78 is 11.4. The summed E-state index contributed by atoms with van der Waals surface area (Å²) in [6.45, 7) is 7.21. The minimum Gasteiger partial charge on any atom is -0.508 e. The van der Waals surface area contributed by atoms with E-state index in [1.54, 1.807) is 24.3 Å². The number of aryl methyl sites for hydroxylation is 2. The van der Waals surface area contributed by atoms with Crippen LogP contribution >= 0.6 is 0 Å². The molecule has 1 amide bonds. The number of aliphatic carboxylic acids is 1. The lowest BCUT2D eigenvalue weighted by Crippen LogP contribution is -2.35. The first-order valence-corrected chi connectivity index (χ1v) is 9.29. The number of carbonyl (C=O) groups is 2. The number of aromatic hydroxyl groups is 1. The third-order valence-corrected chi connectivity index (χ3v) is 4.68. The smallest absolute Gasteiger partial charge is 0.394 e. The van der Waals surface area contributed by atoms with Gasteiger partial charge in [-0.25, -0.2) is 4.79 Å². The quantitative estimate of drug-likeness (QED) is 0.662. The zero-order valence-electron chi connectivity index (χ0n) is 16.4. The Balaban J connectivity index is 1.77. The number of carboxylic acid groups (broad SMARTS) is 1. The van der Waals surface area contributed by atoms with E-state index in [1.807, 2.05) is 19.9 Å². The number of carboxylic acids is 1. The molecule has 2 aromatic carbocycles. The first-order chi connectivity index (χ1) is 13.8. The molecule has 8 nitrogen and oxygen atoms in total. The van der Waals surface area contributed by atoms with E-state index in [1.165, 1.54) is 0 Å². The molecular weight excluding hydrogens is 376 g/mol. The molecule has 1 heterocycles. The summed E-state index contributed by atoms with van der Waals surface area (Å²) in [5, 5.41) is 21.3. The van der Waals surface area contributed by atoms with Crippen LogP contribution in [0, 0.1) is 13.8 Å². The van der Waals surface area contributed by atoms with Crippen LogP contribution in [0.2, 0.25) is 0 Å². The van der Waals surface area contributed by atoms with Crippen LogP contribution in [0.1, 0.15) is 16.7 Å². The van der Waals surface area contributed by atoms with E-state index in [9.17, 15) is 14.7 Å². The summed E-state index contributed by atoms with van der Waals surface area (Å²) >= 11 is 0. The molecule has 1 saturated heterocycles. The fraction of sp³-hybridized carbons (Fsp3) is 0.333. The number of benzene rings is 2. The lowest BCUT2D eigenvalue weighted by atomic mass is 10.1. The van der Waals surface area contributed by atoms with Crippen molar-refractivity contribution >= 4 is 17.6 Å². The molecule has 29 heavy (non-hydrogen) atoms. The fourth-order valence-corrected chi connectivity index (χ4v) is 3.24. The van der Waals surface area contributed by atoms with Crippen molar-refractivity contribution in [2.75, 3.05) is 31.6 Å². The van der Waals surface area contributed by atoms with Gasteiger partial charge in [-0.3, -0.25) is 9.69 Å². The molecule has 3 N–H and O–H groups in total. The van der Waals surface area contributed by atoms with Gasteiger partial charge >= 0.3 is 11.9 Å². The summed E-state index contributed by atoms with van der Waals surface area (Å²) in [6, 6.07) is 8.41. The van der Waals surface area contributed by atoms with E-state index in [-0.39, 0.29) is 5.75 Å². The van der Waals surface area contributed by atoms with Crippen LogP contribution in [0.4, 0.5) is 5.69 Å². The SMILES string of the molecule is Cc1cc(NC(=O)C(=O)O)cc(C)c1Oc1ccc(O)c(CN2CCOCC2)c1. The first-order valence-electron chi connectivity index (χ1n) is 9.29. The molecule has 0 atom stereocenters. The van der Waals surface area contributed by atoms with Crippen LogP contribution in [0.3, 0.4) is 0 Å². The van der Waals surface area contributed by atoms with Gasteiger partial charge in [-0.1, -0.05) is 0 Å². The van der Waals surface area contributed by atoms with Gasteiger partial charge in [0.1, 0.15) is 17.2 Å². The molecule has 2 aromatic rings. The molecule has 0 unspecified atom stereocenters. The van der Waals surface area contributed by atoms with E-state index in [0.717, 1.165) is 29.8 Å². The summed E-state index contributed by atoms with van der Waals surface area (Å²) in [7, 11) is 0. The number of phenols is 1. The molecule has 3 rings (SSSR count). The monoisotopic (exact) mass is 400 g/mol. The van der Waals surface area contributed by atoms with Gasteiger partial charge in [0.2, 0.25) is 0 Å². The summed E-state index contributed by atoms with van der Waals surface area (Å²) in [5.41, 5.74) is 2.64. The largest absolute Gasteiger partial charge is 0.508 e. The summed E-state index contributed by atoms with van der Waals surface area (Å²) in [5.74, 6) is -1.23. The molecular formula is C21H24N2O6. The van der Waals surface area contributed by atoms with Gasteiger partial charge in [0.15, 0.2) is 0 Å². The molecule has 0 aliphatic carbocycles. The highest BCUT2D eigenvalue weighted by molar-refractivity contribution is 6.36. The van der Waals surface area contributed by atoms with Crippen LogP contribution < -0.4 is 10.1 Å². The van der Waals surface area contributed by atoms with Crippen molar-refractivity contribution in [3.8, 4) is 17.2 Å². The Morgan fingerprint density at radius 2 is 1.79 bits per heavy atom. The summed E-state index contributed by atoms with van der Waals surface area (Å²) in [6.07, 6.45) is 0. The maximum atomic E-state index is 11.4. The lowest BCUT2D eigenvalue weighted by molar-refractivity contribution is -0.147. The Hall–Kier alpha value is -3.10. The average Bonchev–Trinajstić information content (AvgIpc) is 2.68. The van der Waals surface area contributed by atoms with Gasteiger partial charge in [0.25, 0.3) is 0 Å². The van der Waals surface area contributed by atoms with Crippen molar-refractivity contribution < 1.29 is 29.3 Å². The van der Waals surface area contributed by atoms with Crippen LogP contribution in [0.25, 0.3) is 0 Å². The number of anilines is 1. The number of rotatable bonds is 5. The molecule has 1 aliphatic heterocycles. The molecule has 154 valence electrons. The van der Waals surface area contributed by atoms with Gasteiger partial charge in [-0.15, -0.1) is 0 Å². The number of nitrogens with one attached hydrogen (secondary N) is 1. The van der Waals surface area contributed by atoms with E-state index in [2.05, 4.69) is 10.2 Å². The van der Waals surface area contributed by atoms with Gasteiger partial charge in [0, 0.05) is 30.9 Å². The number of carbonyl (C=O) groups excluding carboxylic acids is 1. The predicted molar refractivity (Wildman–Crippen MR) is 106 cm³/mol. The van der Waals surface area contributed by atoms with Gasteiger partial charge in [-0.2, -0.15) is 0 Å². The second-order valence-electron chi connectivity index (χ2n) is 6.98. The van der Waals surface area contributed by atoms with Gasteiger partial charge in [-0.05, 0) is 55.3 Å². The highest BCUT2D eigenvalue weighted by atomic mass is 16.5. The minimum absolute atomic E-state index is 0.212. The van der Waals surface area contributed by atoms with Crippen molar-refractivity contribution in [2.24, 2.45) is 0 Å². The fourth-order valence-electron chi connectivity index (χ4n) is 3.24. The Kier molecular flexibility index (Phi) is 6.36. The van der Waals surface area contributed by atoms with Crippen LogP contribution in [-0.2, 0) is 20.9 Å². The molecule has 8 heteroatoms. The van der Waals surface area contributed by atoms with E-state index in [4.69, 9.17) is 14.6 Å². The molecule has 0 bridgehead atoms. The van der Waals surface area contributed by atoms with Crippen molar-refractivity contribution in [2.45, 2.75) is 20.4 Å². The molecule has 0 radical (unpaired) electrons.